The number of rotatable bonds is 3. The molecule has 0 fully saturated rings. The van der Waals surface area contributed by atoms with Gasteiger partial charge in [0.15, 0.2) is 8.68 Å². The van der Waals surface area contributed by atoms with Crippen molar-refractivity contribution < 1.29 is 8.42 Å². The highest BCUT2D eigenvalue weighted by molar-refractivity contribution is 9.10. The van der Waals surface area contributed by atoms with Gasteiger partial charge in [-0.05, 0) is 30.7 Å². The minimum atomic E-state index is -3.62. The van der Waals surface area contributed by atoms with Crippen LogP contribution in [0.25, 0.3) is 0 Å². The first-order chi connectivity index (χ1) is 8.38. The number of halogens is 2. The highest BCUT2D eigenvalue weighted by Crippen LogP contribution is 2.27. The van der Waals surface area contributed by atoms with E-state index < -0.39 is 10.0 Å². The summed E-state index contributed by atoms with van der Waals surface area (Å²) in [6.07, 6.45) is 1.24. The number of aromatic nitrogens is 1. The van der Waals surface area contributed by atoms with Crippen LogP contribution in [0.2, 0.25) is 4.47 Å². The summed E-state index contributed by atoms with van der Waals surface area (Å²) < 4.78 is 27.8. The topological polar surface area (TPSA) is 59.1 Å². The number of benzene rings is 1. The summed E-state index contributed by atoms with van der Waals surface area (Å²) in [5.74, 6) is 0. The second-order valence-electron chi connectivity index (χ2n) is 3.50. The highest BCUT2D eigenvalue weighted by Gasteiger charge is 2.18. The molecule has 2 rings (SSSR count). The summed E-state index contributed by atoms with van der Waals surface area (Å²) >= 11 is 9.87. The molecule has 0 radical (unpaired) electrons. The fraction of sp³-hybridized carbons (Fsp3) is 0.100. The Balaban J connectivity index is 2.33. The van der Waals surface area contributed by atoms with Gasteiger partial charge in [0.25, 0.3) is 10.0 Å². The second-order valence-corrected chi connectivity index (χ2v) is 7.93. The maximum atomic E-state index is 12.0. The van der Waals surface area contributed by atoms with Gasteiger partial charge in [0.2, 0.25) is 0 Å². The molecule has 8 heteroatoms. The van der Waals surface area contributed by atoms with E-state index in [9.17, 15) is 8.42 Å². The van der Waals surface area contributed by atoms with Gasteiger partial charge in [-0.2, -0.15) is 0 Å². The molecule has 1 aromatic carbocycles. The number of hydrogen-bond acceptors (Lipinski definition) is 4. The molecule has 0 amide bonds. The third kappa shape index (κ3) is 3.03. The molecule has 0 saturated heterocycles. The second kappa shape index (κ2) is 5.16. The average Bonchev–Trinajstić information content (AvgIpc) is 2.70. The molecule has 0 aliphatic carbocycles. The molecular weight excluding hydrogens is 360 g/mol. The smallest absolute Gasteiger partial charge is 0.273 e. The van der Waals surface area contributed by atoms with Crippen LogP contribution in [0.4, 0.5) is 5.69 Å². The quantitative estimate of drug-likeness (QED) is 0.900. The van der Waals surface area contributed by atoms with Gasteiger partial charge in [-0.3, -0.25) is 4.72 Å². The lowest BCUT2D eigenvalue weighted by Gasteiger charge is -2.09. The van der Waals surface area contributed by atoms with Crippen molar-refractivity contribution in [1.82, 2.24) is 4.98 Å². The summed E-state index contributed by atoms with van der Waals surface area (Å²) in [4.78, 5) is 3.72. The van der Waals surface area contributed by atoms with Crippen molar-refractivity contribution in [3.8, 4) is 0 Å². The van der Waals surface area contributed by atoms with Gasteiger partial charge in [-0.15, -0.1) is 0 Å². The van der Waals surface area contributed by atoms with Crippen molar-refractivity contribution >= 4 is 54.6 Å². The third-order valence-electron chi connectivity index (χ3n) is 2.15. The predicted octanol–water partition coefficient (Wildman–Crippen LogP) is 3.67. The monoisotopic (exact) mass is 366 g/mol. The van der Waals surface area contributed by atoms with E-state index in [4.69, 9.17) is 11.6 Å². The zero-order chi connectivity index (χ0) is 13.3. The van der Waals surface area contributed by atoms with E-state index in [-0.39, 0.29) is 8.68 Å². The van der Waals surface area contributed by atoms with Crippen LogP contribution < -0.4 is 4.72 Å². The minimum Gasteiger partial charge on any atom is -0.279 e. The lowest BCUT2D eigenvalue weighted by Crippen LogP contribution is -2.12. The van der Waals surface area contributed by atoms with Crippen LogP contribution in [0, 0.1) is 6.92 Å². The number of sulfonamides is 1. The summed E-state index contributed by atoms with van der Waals surface area (Å²) in [5.41, 5.74) is 1.35. The van der Waals surface area contributed by atoms with E-state index in [2.05, 4.69) is 25.6 Å². The van der Waals surface area contributed by atoms with E-state index in [0.29, 0.717) is 5.69 Å². The number of nitrogens with one attached hydrogen (secondary N) is 1. The SMILES string of the molecule is Cc1cc(Br)ccc1NS(=O)(=O)c1cnc(Cl)s1. The Hall–Kier alpha value is -0.630. The Morgan fingerprint density at radius 3 is 2.72 bits per heavy atom. The fourth-order valence-electron chi connectivity index (χ4n) is 1.30. The van der Waals surface area contributed by atoms with Crippen LogP contribution in [-0.4, -0.2) is 13.4 Å². The van der Waals surface area contributed by atoms with Crippen LogP contribution in [0.5, 0.6) is 0 Å². The fourth-order valence-corrected chi connectivity index (χ4v) is 4.20. The van der Waals surface area contributed by atoms with Crippen molar-refractivity contribution in [3.05, 3.63) is 38.9 Å². The lowest BCUT2D eigenvalue weighted by atomic mass is 10.2. The van der Waals surface area contributed by atoms with E-state index in [1.165, 1.54) is 6.20 Å². The molecule has 2 aromatic rings. The van der Waals surface area contributed by atoms with Gasteiger partial charge < -0.3 is 0 Å². The molecule has 1 N–H and O–H groups in total. The molecule has 18 heavy (non-hydrogen) atoms. The molecule has 0 unspecified atom stereocenters. The first-order valence-corrected chi connectivity index (χ1v) is 8.26. The van der Waals surface area contributed by atoms with Crippen molar-refractivity contribution in [2.45, 2.75) is 11.1 Å². The van der Waals surface area contributed by atoms with Gasteiger partial charge in [-0.25, -0.2) is 13.4 Å². The van der Waals surface area contributed by atoms with Crippen molar-refractivity contribution in [1.29, 1.82) is 0 Å². The number of thiazole rings is 1. The average molecular weight is 368 g/mol. The zero-order valence-corrected chi connectivity index (χ0v) is 13.1. The molecule has 0 aliphatic heterocycles. The van der Waals surface area contributed by atoms with Crippen LogP contribution in [-0.2, 0) is 10.0 Å². The number of nitrogens with zero attached hydrogens (tertiary/aromatic N) is 1. The normalized spacial score (nSPS) is 11.5. The Bertz CT molecular complexity index is 685. The summed E-state index contributed by atoms with van der Waals surface area (Å²) in [7, 11) is -3.62. The van der Waals surface area contributed by atoms with Crippen molar-refractivity contribution in [2.24, 2.45) is 0 Å². The van der Waals surface area contributed by atoms with Crippen LogP contribution in [0.1, 0.15) is 5.56 Å². The van der Waals surface area contributed by atoms with E-state index >= 15 is 0 Å². The molecule has 0 spiro atoms. The molecule has 0 aliphatic rings. The van der Waals surface area contributed by atoms with Crippen molar-refractivity contribution in [2.75, 3.05) is 4.72 Å². The van der Waals surface area contributed by atoms with Gasteiger partial charge >= 0.3 is 0 Å². The molecule has 0 bridgehead atoms. The molecule has 1 heterocycles. The minimum absolute atomic E-state index is 0.0924. The highest BCUT2D eigenvalue weighted by atomic mass is 79.9. The Kier molecular flexibility index (Phi) is 3.96. The predicted molar refractivity (Wildman–Crippen MR) is 76.8 cm³/mol. The van der Waals surface area contributed by atoms with Gasteiger partial charge in [0.05, 0.1) is 11.9 Å². The molecule has 1 aromatic heterocycles. The van der Waals surface area contributed by atoms with Gasteiger partial charge in [0.1, 0.15) is 0 Å². The largest absolute Gasteiger partial charge is 0.279 e. The van der Waals surface area contributed by atoms with Crippen molar-refractivity contribution in [3.63, 3.8) is 0 Å². The molecule has 4 nitrogen and oxygen atoms in total. The Morgan fingerprint density at radius 2 is 2.17 bits per heavy atom. The van der Waals surface area contributed by atoms with Gasteiger partial charge in [-0.1, -0.05) is 38.9 Å². The summed E-state index contributed by atoms with van der Waals surface area (Å²) in [5, 5.41) is 0. The maximum absolute atomic E-state index is 12.0. The van der Waals surface area contributed by atoms with E-state index in [0.717, 1.165) is 21.4 Å². The van der Waals surface area contributed by atoms with E-state index in [1.807, 2.05) is 13.0 Å². The number of anilines is 1. The van der Waals surface area contributed by atoms with Crippen LogP contribution in [0.15, 0.2) is 33.1 Å². The molecule has 96 valence electrons. The summed E-state index contributed by atoms with van der Waals surface area (Å²) in [6.45, 7) is 1.82. The lowest BCUT2D eigenvalue weighted by molar-refractivity contribution is 0.603. The molecule has 0 atom stereocenters. The molecular formula is C10H8BrClN2O2S2. The number of hydrogen-bond donors (Lipinski definition) is 1. The van der Waals surface area contributed by atoms with E-state index in [1.54, 1.807) is 12.1 Å². The first kappa shape index (κ1) is 13.8. The zero-order valence-electron chi connectivity index (χ0n) is 9.15. The Morgan fingerprint density at radius 1 is 1.44 bits per heavy atom. The third-order valence-corrected chi connectivity index (χ3v) is 5.59. The summed E-state index contributed by atoms with van der Waals surface area (Å²) in [6, 6.07) is 5.29. The molecule has 0 saturated carbocycles. The van der Waals surface area contributed by atoms with Crippen LogP contribution in [0.3, 0.4) is 0 Å². The standard InChI is InChI=1S/C10H8BrClN2O2S2/c1-6-4-7(11)2-3-8(6)14-18(15,16)9-5-13-10(12)17-9/h2-5,14H,1H3. The van der Waals surface area contributed by atoms with Gasteiger partial charge in [0, 0.05) is 4.47 Å². The maximum Gasteiger partial charge on any atom is 0.273 e. The van der Waals surface area contributed by atoms with Crippen LogP contribution >= 0.6 is 38.9 Å². The first-order valence-electron chi connectivity index (χ1n) is 4.79. The number of aryl methyl sites for hydroxylation is 1. The Labute approximate surface area is 122 Å².